The van der Waals surface area contributed by atoms with Crippen molar-refractivity contribution in [2.75, 3.05) is 20.7 Å². The molecule has 0 radical (unpaired) electrons. The third-order valence-corrected chi connectivity index (χ3v) is 3.34. The van der Waals surface area contributed by atoms with Crippen molar-refractivity contribution in [3.8, 4) is 11.8 Å². The van der Waals surface area contributed by atoms with E-state index in [1.807, 2.05) is 38.2 Å². The summed E-state index contributed by atoms with van der Waals surface area (Å²) in [5, 5.41) is 0. The van der Waals surface area contributed by atoms with E-state index in [2.05, 4.69) is 11.8 Å². The van der Waals surface area contributed by atoms with E-state index >= 15 is 0 Å². The molecule has 0 heterocycles. The van der Waals surface area contributed by atoms with Crippen molar-refractivity contribution in [3.63, 3.8) is 0 Å². The molecule has 1 atom stereocenters. The summed E-state index contributed by atoms with van der Waals surface area (Å²) in [7, 11) is 3.47. The van der Waals surface area contributed by atoms with Crippen LogP contribution in [0.3, 0.4) is 0 Å². The summed E-state index contributed by atoms with van der Waals surface area (Å²) in [6, 6.07) is 7.83. The van der Waals surface area contributed by atoms with Gasteiger partial charge in [-0.25, -0.2) is 0 Å². The zero-order chi connectivity index (χ0) is 15.7. The van der Waals surface area contributed by atoms with E-state index in [0.717, 1.165) is 17.5 Å². The molecule has 0 aromatic heterocycles. The highest BCUT2D eigenvalue weighted by Crippen LogP contribution is 2.11. The molecule has 0 aliphatic heterocycles. The quantitative estimate of drug-likeness (QED) is 0.812. The Balaban J connectivity index is 2.66. The topological polar surface area (TPSA) is 55.6 Å². The van der Waals surface area contributed by atoms with Crippen LogP contribution in [0, 0.1) is 11.8 Å². The van der Waals surface area contributed by atoms with Crippen LogP contribution in [0.1, 0.15) is 30.9 Å². The maximum Gasteiger partial charge on any atom is 0.222 e. The van der Waals surface area contributed by atoms with Crippen molar-refractivity contribution < 1.29 is 9.53 Å². The standard InChI is InChI=1S/C17H24N2O2/c1-14(21-3)10-11-17(20)19(2)13-16-8-5-4-7-15(16)9-6-12-18/h4-5,7-8,14H,10-13,18H2,1-3H3. The highest BCUT2D eigenvalue weighted by atomic mass is 16.5. The van der Waals surface area contributed by atoms with Gasteiger partial charge in [0, 0.05) is 32.7 Å². The summed E-state index contributed by atoms with van der Waals surface area (Å²) in [5.41, 5.74) is 7.37. The molecule has 114 valence electrons. The van der Waals surface area contributed by atoms with Crippen molar-refractivity contribution in [1.29, 1.82) is 0 Å². The third-order valence-electron chi connectivity index (χ3n) is 3.34. The van der Waals surface area contributed by atoms with Crippen molar-refractivity contribution in [3.05, 3.63) is 35.4 Å². The van der Waals surface area contributed by atoms with Crippen molar-refractivity contribution in [2.24, 2.45) is 5.73 Å². The molecule has 1 amide bonds. The number of ether oxygens (including phenoxy) is 1. The van der Waals surface area contributed by atoms with Crippen LogP contribution in [0.15, 0.2) is 24.3 Å². The van der Waals surface area contributed by atoms with Gasteiger partial charge < -0.3 is 15.4 Å². The lowest BCUT2D eigenvalue weighted by Crippen LogP contribution is -2.27. The molecule has 0 spiro atoms. The van der Waals surface area contributed by atoms with Crippen molar-refractivity contribution in [1.82, 2.24) is 4.90 Å². The Kier molecular flexibility index (Phi) is 7.52. The molecule has 0 saturated heterocycles. The number of nitrogens with zero attached hydrogens (tertiary/aromatic N) is 1. The van der Waals surface area contributed by atoms with Crippen molar-refractivity contribution >= 4 is 5.91 Å². The van der Waals surface area contributed by atoms with E-state index in [4.69, 9.17) is 10.5 Å². The van der Waals surface area contributed by atoms with Gasteiger partial charge in [0.2, 0.25) is 5.91 Å². The monoisotopic (exact) mass is 288 g/mol. The number of hydrogen-bond donors (Lipinski definition) is 1. The summed E-state index contributed by atoms with van der Waals surface area (Å²) >= 11 is 0. The molecule has 0 aliphatic rings. The number of nitrogens with two attached hydrogens (primary N) is 1. The lowest BCUT2D eigenvalue weighted by molar-refractivity contribution is -0.131. The molecule has 1 rings (SSSR count). The fraction of sp³-hybridized carbons (Fsp3) is 0.471. The van der Waals surface area contributed by atoms with E-state index in [-0.39, 0.29) is 12.0 Å². The van der Waals surface area contributed by atoms with E-state index < -0.39 is 0 Å². The first-order valence-corrected chi connectivity index (χ1v) is 7.12. The second-order valence-electron chi connectivity index (χ2n) is 5.00. The normalized spacial score (nSPS) is 11.4. The predicted octanol–water partition coefficient (Wildman–Crippen LogP) is 1.77. The van der Waals surface area contributed by atoms with Gasteiger partial charge in [-0.15, -0.1) is 0 Å². The fourth-order valence-corrected chi connectivity index (χ4v) is 1.91. The van der Waals surface area contributed by atoms with Crippen LogP contribution < -0.4 is 5.73 Å². The lowest BCUT2D eigenvalue weighted by atomic mass is 10.1. The molecule has 21 heavy (non-hydrogen) atoms. The molecule has 4 nitrogen and oxygen atoms in total. The second kappa shape index (κ2) is 9.17. The molecule has 2 N–H and O–H groups in total. The number of carbonyl (C=O) groups excluding carboxylic acids is 1. The van der Waals surface area contributed by atoms with E-state index in [0.29, 0.717) is 19.5 Å². The van der Waals surface area contributed by atoms with E-state index in [1.165, 1.54) is 0 Å². The largest absolute Gasteiger partial charge is 0.382 e. The average Bonchev–Trinajstić information content (AvgIpc) is 2.51. The summed E-state index contributed by atoms with van der Waals surface area (Å²) in [6.07, 6.45) is 1.32. The second-order valence-corrected chi connectivity index (χ2v) is 5.00. The van der Waals surface area contributed by atoms with Gasteiger partial charge in [-0.05, 0) is 25.0 Å². The zero-order valence-corrected chi connectivity index (χ0v) is 13.1. The van der Waals surface area contributed by atoms with Gasteiger partial charge >= 0.3 is 0 Å². The van der Waals surface area contributed by atoms with Crippen LogP contribution in [0.4, 0.5) is 0 Å². The number of amides is 1. The highest BCUT2D eigenvalue weighted by Gasteiger charge is 2.12. The average molecular weight is 288 g/mol. The summed E-state index contributed by atoms with van der Waals surface area (Å²) in [6.45, 7) is 2.85. The van der Waals surface area contributed by atoms with Crippen LogP contribution in [0.2, 0.25) is 0 Å². The molecular formula is C17H24N2O2. The first-order chi connectivity index (χ1) is 10.1. The zero-order valence-electron chi connectivity index (χ0n) is 13.1. The maximum absolute atomic E-state index is 12.1. The number of methoxy groups -OCH3 is 1. The van der Waals surface area contributed by atoms with Gasteiger partial charge in [0.15, 0.2) is 0 Å². The Morgan fingerprint density at radius 3 is 2.81 bits per heavy atom. The minimum atomic E-state index is 0.102. The molecular weight excluding hydrogens is 264 g/mol. The Hall–Kier alpha value is -1.83. The Morgan fingerprint density at radius 1 is 1.43 bits per heavy atom. The summed E-state index contributed by atoms with van der Waals surface area (Å²) < 4.78 is 5.16. The summed E-state index contributed by atoms with van der Waals surface area (Å²) in [5.74, 6) is 6.01. The SMILES string of the molecule is COC(C)CCC(=O)N(C)Cc1ccccc1C#CCN. The number of benzene rings is 1. The Morgan fingerprint density at radius 2 is 2.14 bits per heavy atom. The molecule has 0 aliphatic carbocycles. The van der Waals surface area contributed by atoms with Gasteiger partial charge in [0.25, 0.3) is 0 Å². The number of hydrogen-bond acceptors (Lipinski definition) is 3. The lowest BCUT2D eigenvalue weighted by Gasteiger charge is -2.19. The van der Waals surface area contributed by atoms with E-state index in [1.54, 1.807) is 12.0 Å². The molecule has 1 unspecified atom stereocenters. The third kappa shape index (κ3) is 5.99. The van der Waals surface area contributed by atoms with Gasteiger partial charge in [0.05, 0.1) is 12.6 Å². The molecule has 0 saturated carbocycles. The van der Waals surface area contributed by atoms with Gasteiger partial charge in [-0.2, -0.15) is 0 Å². The minimum absolute atomic E-state index is 0.102. The van der Waals surface area contributed by atoms with Crippen LogP contribution in [-0.2, 0) is 16.1 Å². The fourth-order valence-electron chi connectivity index (χ4n) is 1.91. The number of carbonyl (C=O) groups is 1. The first kappa shape index (κ1) is 17.2. The van der Waals surface area contributed by atoms with Crippen LogP contribution >= 0.6 is 0 Å². The van der Waals surface area contributed by atoms with E-state index in [9.17, 15) is 4.79 Å². The Bertz CT molecular complexity index is 517. The van der Waals surface area contributed by atoms with Gasteiger partial charge in [-0.3, -0.25) is 4.79 Å². The number of rotatable bonds is 6. The van der Waals surface area contributed by atoms with Gasteiger partial charge in [0.1, 0.15) is 0 Å². The summed E-state index contributed by atoms with van der Waals surface area (Å²) in [4.78, 5) is 13.8. The smallest absolute Gasteiger partial charge is 0.222 e. The molecule has 0 bridgehead atoms. The predicted molar refractivity (Wildman–Crippen MR) is 84.6 cm³/mol. The highest BCUT2D eigenvalue weighted by molar-refractivity contribution is 5.76. The molecule has 1 aromatic carbocycles. The van der Waals surface area contributed by atoms with Crippen LogP contribution in [0.5, 0.6) is 0 Å². The minimum Gasteiger partial charge on any atom is -0.382 e. The molecule has 0 fully saturated rings. The van der Waals surface area contributed by atoms with Crippen LogP contribution in [0.25, 0.3) is 0 Å². The first-order valence-electron chi connectivity index (χ1n) is 7.12. The molecule has 4 heteroatoms. The van der Waals surface area contributed by atoms with Crippen LogP contribution in [-0.4, -0.2) is 37.6 Å². The maximum atomic E-state index is 12.1. The Labute approximate surface area is 127 Å². The van der Waals surface area contributed by atoms with Gasteiger partial charge in [-0.1, -0.05) is 30.0 Å². The molecule has 1 aromatic rings. The van der Waals surface area contributed by atoms with Crippen molar-refractivity contribution in [2.45, 2.75) is 32.4 Å².